The van der Waals surface area contributed by atoms with Gasteiger partial charge in [-0.2, -0.15) is 0 Å². The summed E-state index contributed by atoms with van der Waals surface area (Å²) in [5, 5.41) is 0. The third kappa shape index (κ3) is 0.496. The average molecular weight is 164 g/mol. The zero-order valence-corrected chi connectivity index (χ0v) is 7.28. The monoisotopic (exact) mass is 164 g/mol. The summed E-state index contributed by atoms with van der Waals surface area (Å²) in [6.07, 6.45) is 4.49. The Bertz CT molecular complexity index is 290. The summed E-state index contributed by atoms with van der Waals surface area (Å²) < 4.78 is 5.63. The van der Waals surface area contributed by atoms with Crippen LogP contribution in [0.4, 0.5) is 0 Å². The molecule has 2 heteroatoms. The van der Waals surface area contributed by atoms with Gasteiger partial charge in [0, 0.05) is 11.3 Å². The van der Waals surface area contributed by atoms with Gasteiger partial charge in [0.2, 0.25) is 0 Å². The van der Waals surface area contributed by atoms with Crippen molar-refractivity contribution in [3.05, 3.63) is 12.2 Å². The van der Waals surface area contributed by atoms with Crippen LogP contribution >= 0.6 is 0 Å². The number of Topliss-reactive ketones (excluding diaryl/α,β-unsaturated/α-hetero) is 1. The summed E-state index contributed by atoms with van der Waals surface area (Å²) in [7, 11) is 0. The van der Waals surface area contributed by atoms with Gasteiger partial charge >= 0.3 is 0 Å². The summed E-state index contributed by atoms with van der Waals surface area (Å²) in [5.41, 5.74) is -0.130. The fourth-order valence-electron chi connectivity index (χ4n) is 2.98. The molecule has 0 amide bonds. The highest BCUT2D eigenvalue weighted by Crippen LogP contribution is 2.58. The minimum absolute atomic E-state index is 0.112. The van der Waals surface area contributed by atoms with Crippen molar-refractivity contribution in [3.63, 3.8) is 0 Å². The first kappa shape index (κ1) is 6.84. The minimum Gasteiger partial charge on any atom is -0.366 e. The average Bonchev–Trinajstić information content (AvgIpc) is 2.59. The van der Waals surface area contributed by atoms with Crippen LogP contribution in [0.1, 0.15) is 13.8 Å². The lowest BCUT2D eigenvalue weighted by Crippen LogP contribution is -2.57. The third-order valence-corrected chi connectivity index (χ3v) is 3.67. The van der Waals surface area contributed by atoms with Gasteiger partial charge in [-0.3, -0.25) is 4.79 Å². The highest BCUT2D eigenvalue weighted by Gasteiger charge is 2.66. The lowest BCUT2D eigenvalue weighted by atomic mass is 9.51. The molecular formula is C10H12O2. The molecule has 1 saturated heterocycles. The topological polar surface area (TPSA) is 26.3 Å². The second-order valence-corrected chi connectivity index (χ2v) is 4.59. The SMILES string of the molecule is CC1(C)C(=O)[C@@H]2[C@H]1[C@H]1C=C[C@@H]2O1. The fraction of sp³-hybridized carbons (Fsp3) is 0.700. The van der Waals surface area contributed by atoms with Crippen LogP contribution in [-0.4, -0.2) is 18.0 Å². The summed E-state index contributed by atoms with van der Waals surface area (Å²) in [6.45, 7) is 4.07. The Labute approximate surface area is 71.6 Å². The van der Waals surface area contributed by atoms with Crippen molar-refractivity contribution in [2.45, 2.75) is 26.1 Å². The molecule has 3 rings (SSSR count). The highest BCUT2D eigenvalue weighted by molar-refractivity contribution is 5.95. The molecule has 0 aromatic heterocycles. The molecule has 1 aliphatic carbocycles. The zero-order valence-electron chi connectivity index (χ0n) is 7.28. The summed E-state index contributed by atoms with van der Waals surface area (Å²) in [6, 6.07) is 0. The Balaban J connectivity index is 2.04. The molecular weight excluding hydrogens is 152 g/mol. The van der Waals surface area contributed by atoms with Crippen molar-refractivity contribution < 1.29 is 9.53 Å². The van der Waals surface area contributed by atoms with Crippen LogP contribution in [-0.2, 0) is 9.53 Å². The normalized spacial score (nSPS) is 52.3. The predicted octanol–water partition coefficient (Wildman–Crippen LogP) is 1.16. The maximum atomic E-state index is 11.6. The molecule has 0 aromatic rings. The number of rotatable bonds is 0. The quantitative estimate of drug-likeness (QED) is 0.502. The number of fused-ring (bicyclic) bond motifs is 5. The molecule has 12 heavy (non-hydrogen) atoms. The van der Waals surface area contributed by atoms with Crippen LogP contribution in [0, 0.1) is 17.3 Å². The van der Waals surface area contributed by atoms with E-state index in [1.807, 2.05) is 19.9 Å². The van der Waals surface area contributed by atoms with E-state index in [9.17, 15) is 4.79 Å². The summed E-state index contributed by atoms with van der Waals surface area (Å²) >= 11 is 0. The molecule has 64 valence electrons. The number of hydrogen-bond donors (Lipinski definition) is 0. The molecule has 2 bridgehead atoms. The van der Waals surface area contributed by atoms with Crippen LogP contribution in [0.15, 0.2) is 12.2 Å². The van der Waals surface area contributed by atoms with Gasteiger partial charge in [0.05, 0.1) is 18.1 Å². The van der Waals surface area contributed by atoms with E-state index < -0.39 is 0 Å². The standard InChI is InChI=1S/C10H12O2/c1-10(2)8-6-4-3-5(12-6)7(8)9(10)11/h3-8H,1-2H3/t5-,6+,7-,8+/m0/s1. The molecule has 2 aliphatic heterocycles. The third-order valence-electron chi connectivity index (χ3n) is 3.67. The van der Waals surface area contributed by atoms with Gasteiger partial charge in [-0.1, -0.05) is 26.0 Å². The molecule has 0 N–H and O–H groups in total. The summed E-state index contributed by atoms with van der Waals surface area (Å²) in [4.78, 5) is 11.6. The fourth-order valence-corrected chi connectivity index (χ4v) is 2.98. The van der Waals surface area contributed by atoms with Gasteiger partial charge in [-0.15, -0.1) is 0 Å². The van der Waals surface area contributed by atoms with Gasteiger partial charge in [0.25, 0.3) is 0 Å². The molecule has 2 heterocycles. The van der Waals surface area contributed by atoms with Gasteiger partial charge in [-0.25, -0.2) is 0 Å². The molecule has 1 saturated carbocycles. The van der Waals surface area contributed by atoms with Gasteiger partial charge < -0.3 is 4.74 Å². The maximum Gasteiger partial charge on any atom is 0.145 e. The highest BCUT2D eigenvalue weighted by atomic mass is 16.5. The van der Waals surface area contributed by atoms with E-state index >= 15 is 0 Å². The maximum absolute atomic E-state index is 11.6. The lowest BCUT2D eigenvalue weighted by molar-refractivity contribution is -0.151. The van der Waals surface area contributed by atoms with Crippen molar-refractivity contribution >= 4 is 5.78 Å². The van der Waals surface area contributed by atoms with Crippen LogP contribution < -0.4 is 0 Å². The van der Waals surface area contributed by atoms with Gasteiger partial charge in [0.1, 0.15) is 5.78 Å². The van der Waals surface area contributed by atoms with E-state index in [4.69, 9.17) is 4.74 Å². The zero-order chi connectivity index (χ0) is 8.51. The molecule has 0 spiro atoms. The van der Waals surface area contributed by atoms with E-state index in [0.717, 1.165) is 0 Å². The minimum atomic E-state index is -0.130. The van der Waals surface area contributed by atoms with E-state index in [1.54, 1.807) is 0 Å². The largest absolute Gasteiger partial charge is 0.366 e. The van der Waals surface area contributed by atoms with Crippen LogP contribution in [0.25, 0.3) is 0 Å². The van der Waals surface area contributed by atoms with Crippen molar-refractivity contribution in [2.75, 3.05) is 0 Å². The number of carbonyl (C=O) groups is 1. The van der Waals surface area contributed by atoms with E-state index in [0.29, 0.717) is 11.7 Å². The lowest BCUT2D eigenvalue weighted by Gasteiger charge is -2.48. The van der Waals surface area contributed by atoms with Gasteiger partial charge in [-0.05, 0) is 0 Å². The predicted molar refractivity (Wildman–Crippen MR) is 43.6 cm³/mol. The number of hydrogen-bond acceptors (Lipinski definition) is 2. The van der Waals surface area contributed by atoms with E-state index in [1.165, 1.54) is 0 Å². The van der Waals surface area contributed by atoms with E-state index in [-0.39, 0.29) is 23.5 Å². The molecule has 4 atom stereocenters. The smallest absolute Gasteiger partial charge is 0.145 e. The Morgan fingerprint density at radius 2 is 2.00 bits per heavy atom. The first-order chi connectivity index (χ1) is 5.62. The molecule has 0 unspecified atom stereocenters. The van der Waals surface area contributed by atoms with Gasteiger partial charge in [0.15, 0.2) is 0 Å². The van der Waals surface area contributed by atoms with Crippen LogP contribution in [0.3, 0.4) is 0 Å². The molecule has 0 aromatic carbocycles. The molecule has 2 nitrogen and oxygen atoms in total. The Kier molecular flexibility index (Phi) is 0.950. The van der Waals surface area contributed by atoms with Crippen molar-refractivity contribution in [1.29, 1.82) is 0 Å². The molecule has 2 fully saturated rings. The van der Waals surface area contributed by atoms with Crippen molar-refractivity contribution in [3.8, 4) is 0 Å². The Hall–Kier alpha value is -0.630. The number of ketones is 1. The Morgan fingerprint density at radius 1 is 1.33 bits per heavy atom. The van der Waals surface area contributed by atoms with Crippen LogP contribution in [0.2, 0.25) is 0 Å². The summed E-state index contributed by atoms with van der Waals surface area (Å²) in [5.74, 6) is 1.04. The second kappa shape index (κ2) is 1.67. The first-order valence-corrected chi connectivity index (χ1v) is 4.50. The van der Waals surface area contributed by atoms with Crippen molar-refractivity contribution in [2.24, 2.45) is 17.3 Å². The molecule has 0 radical (unpaired) electrons. The number of ether oxygens (including phenoxy) is 1. The van der Waals surface area contributed by atoms with Crippen LogP contribution in [0.5, 0.6) is 0 Å². The van der Waals surface area contributed by atoms with Crippen molar-refractivity contribution in [1.82, 2.24) is 0 Å². The Morgan fingerprint density at radius 3 is 2.67 bits per heavy atom. The molecule has 3 aliphatic rings. The van der Waals surface area contributed by atoms with E-state index in [2.05, 4.69) is 6.08 Å². The first-order valence-electron chi connectivity index (χ1n) is 4.50. The number of carbonyl (C=O) groups excluding carboxylic acids is 1. The second-order valence-electron chi connectivity index (χ2n) is 4.59.